The Morgan fingerprint density at radius 3 is 2.63 bits per heavy atom. The smallest absolute Gasteiger partial charge is 0.191 e. The maximum atomic E-state index is 13.5. The first-order valence-corrected chi connectivity index (χ1v) is 5.98. The van der Waals surface area contributed by atoms with Crippen LogP contribution in [-0.4, -0.2) is 26.7 Å². The van der Waals surface area contributed by atoms with Crippen LogP contribution in [0.3, 0.4) is 0 Å². The molecule has 0 saturated heterocycles. The lowest BCUT2D eigenvalue weighted by Crippen LogP contribution is -2.37. The summed E-state index contributed by atoms with van der Waals surface area (Å²) in [6.45, 7) is 3.46. The summed E-state index contributed by atoms with van der Waals surface area (Å²) in [6.07, 6.45) is 1.03. The van der Waals surface area contributed by atoms with E-state index in [0.717, 1.165) is 18.5 Å². The number of hydrogen-bond donors (Lipinski definition) is 2. The van der Waals surface area contributed by atoms with Crippen LogP contribution in [0, 0.1) is 5.82 Å². The van der Waals surface area contributed by atoms with Crippen LogP contribution in [0.1, 0.15) is 18.9 Å². The van der Waals surface area contributed by atoms with Crippen molar-refractivity contribution < 1.29 is 9.13 Å². The van der Waals surface area contributed by atoms with E-state index in [1.165, 1.54) is 13.2 Å². The van der Waals surface area contributed by atoms with Crippen LogP contribution in [0.4, 0.5) is 4.39 Å². The molecule has 0 saturated carbocycles. The summed E-state index contributed by atoms with van der Waals surface area (Å²) in [5.41, 5.74) is 0.841. The van der Waals surface area contributed by atoms with Gasteiger partial charge in [0.05, 0.1) is 7.11 Å². The SMILES string of the molecule is CCCNC(=NC)NCc1ccc(OC)c(F)c1.I. The van der Waals surface area contributed by atoms with E-state index in [1.807, 2.05) is 6.07 Å². The van der Waals surface area contributed by atoms with Gasteiger partial charge in [0, 0.05) is 20.1 Å². The van der Waals surface area contributed by atoms with Gasteiger partial charge in [-0.2, -0.15) is 0 Å². The molecule has 6 heteroatoms. The molecule has 0 bridgehead atoms. The zero-order chi connectivity index (χ0) is 13.4. The van der Waals surface area contributed by atoms with Crippen LogP contribution in [-0.2, 0) is 6.54 Å². The third-order valence-electron chi connectivity index (χ3n) is 2.44. The fourth-order valence-electron chi connectivity index (χ4n) is 1.47. The van der Waals surface area contributed by atoms with E-state index in [2.05, 4.69) is 22.5 Å². The molecule has 0 radical (unpaired) electrons. The van der Waals surface area contributed by atoms with Crippen molar-refractivity contribution in [2.24, 2.45) is 4.99 Å². The molecule has 0 heterocycles. The Kier molecular flexibility index (Phi) is 9.28. The topological polar surface area (TPSA) is 45.7 Å². The average Bonchev–Trinajstić information content (AvgIpc) is 2.39. The number of benzene rings is 1. The van der Waals surface area contributed by atoms with E-state index in [1.54, 1.807) is 13.1 Å². The largest absolute Gasteiger partial charge is 0.494 e. The van der Waals surface area contributed by atoms with E-state index >= 15 is 0 Å². The maximum absolute atomic E-state index is 13.5. The molecule has 0 aliphatic heterocycles. The highest BCUT2D eigenvalue weighted by atomic mass is 127. The van der Waals surface area contributed by atoms with Crippen LogP contribution in [0.25, 0.3) is 0 Å². The minimum Gasteiger partial charge on any atom is -0.494 e. The number of aliphatic imine (C=N–C) groups is 1. The third-order valence-corrected chi connectivity index (χ3v) is 2.44. The molecule has 1 aromatic rings. The summed E-state index contributed by atoms with van der Waals surface area (Å²) in [4.78, 5) is 4.07. The van der Waals surface area contributed by atoms with Crippen molar-refractivity contribution in [3.63, 3.8) is 0 Å². The quantitative estimate of drug-likeness (QED) is 0.468. The van der Waals surface area contributed by atoms with Gasteiger partial charge in [-0.05, 0) is 24.1 Å². The Balaban J connectivity index is 0.00000324. The molecule has 0 amide bonds. The van der Waals surface area contributed by atoms with E-state index in [9.17, 15) is 4.39 Å². The fraction of sp³-hybridized carbons (Fsp3) is 0.462. The summed E-state index contributed by atoms with van der Waals surface area (Å²) in [5, 5.41) is 6.26. The Bertz CT molecular complexity index is 413. The van der Waals surface area contributed by atoms with Gasteiger partial charge in [0.2, 0.25) is 0 Å². The number of halogens is 2. The van der Waals surface area contributed by atoms with Crippen molar-refractivity contribution in [2.45, 2.75) is 19.9 Å². The molecule has 2 N–H and O–H groups in total. The Labute approximate surface area is 130 Å². The average molecular weight is 381 g/mol. The summed E-state index contributed by atoms with van der Waals surface area (Å²) in [6, 6.07) is 4.90. The molecule has 0 aromatic heterocycles. The Hall–Kier alpha value is -1.05. The van der Waals surface area contributed by atoms with E-state index in [4.69, 9.17) is 4.74 Å². The van der Waals surface area contributed by atoms with Gasteiger partial charge in [-0.3, -0.25) is 4.99 Å². The second-order valence-corrected chi connectivity index (χ2v) is 3.82. The predicted molar refractivity (Wildman–Crippen MR) is 86.9 cm³/mol. The highest BCUT2D eigenvalue weighted by molar-refractivity contribution is 14.0. The van der Waals surface area contributed by atoms with Gasteiger partial charge in [0.25, 0.3) is 0 Å². The zero-order valence-electron chi connectivity index (χ0n) is 11.5. The predicted octanol–water partition coefficient (Wildman–Crippen LogP) is 2.53. The minimum absolute atomic E-state index is 0. The molecule has 0 spiro atoms. The minimum atomic E-state index is -0.353. The molecule has 108 valence electrons. The van der Waals surface area contributed by atoms with Crippen LogP contribution in [0.5, 0.6) is 5.75 Å². The number of hydrogen-bond acceptors (Lipinski definition) is 2. The molecule has 4 nitrogen and oxygen atoms in total. The molecule has 0 aliphatic carbocycles. The van der Waals surface area contributed by atoms with E-state index in [-0.39, 0.29) is 35.5 Å². The summed E-state index contributed by atoms with van der Waals surface area (Å²) < 4.78 is 18.3. The number of ether oxygens (including phenoxy) is 1. The second-order valence-electron chi connectivity index (χ2n) is 3.82. The molecule has 19 heavy (non-hydrogen) atoms. The van der Waals surface area contributed by atoms with Gasteiger partial charge < -0.3 is 15.4 Å². The van der Waals surface area contributed by atoms with E-state index < -0.39 is 0 Å². The molecular weight excluding hydrogens is 360 g/mol. The van der Waals surface area contributed by atoms with Crippen LogP contribution >= 0.6 is 24.0 Å². The van der Waals surface area contributed by atoms with E-state index in [0.29, 0.717) is 12.5 Å². The zero-order valence-corrected chi connectivity index (χ0v) is 13.8. The van der Waals surface area contributed by atoms with Gasteiger partial charge in [0.15, 0.2) is 17.5 Å². The monoisotopic (exact) mass is 381 g/mol. The Morgan fingerprint density at radius 2 is 2.11 bits per heavy atom. The highest BCUT2D eigenvalue weighted by Crippen LogP contribution is 2.17. The number of nitrogens with zero attached hydrogens (tertiary/aromatic N) is 1. The number of rotatable bonds is 5. The van der Waals surface area contributed by atoms with Crippen molar-refractivity contribution >= 4 is 29.9 Å². The van der Waals surface area contributed by atoms with Gasteiger partial charge >= 0.3 is 0 Å². The lowest BCUT2D eigenvalue weighted by molar-refractivity contribution is 0.386. The van der Waals surface area contributed by atoms with Gasteiger partial charge in [-0.1, -0.05) is 13.0 Å². The highest BCUT2D eigenvalue weighted by Gasteiger charge is 2.04. The molecule has 1 aromatic carbocycles. The number of guanidine groups is 1. The lowest BCUT2D eigenvalue weighted by atomic mass is 10.2. The van der Waals surface area contributed by atoms with Crippen molar-refractivity contribution in [1.82, 2.24) is 10.6 Å². The molecular formula is C13H21FIN3O. The number of nitrogens with one attached hydrogen (secondary N) is 2. The van der Waals surface area contributed by atoms with Gasteiger partial charge in [-0.25, -0.2) is 4.39 Å². The molecule has 0 fully saturated rings. The van der Waals surface area contributed by atoms with Gasteiger partial charge in [-0.15, -0.1) is 24.0 Å². The standard InChI is InChI=1S/C13H20FN3O.HI/c1-4-7-16-13(15-2)17-9-10-5-6-12(18-3)11(14)8-10;/h5-6,8H,4,7,9H2,1-3H3,(H2,15,16,17);1H. The molecule has 1 rings (SSSR count). The molecule has 0 aliphatic rings. The summed E-state index contributed by atoms with van der Waals surface area (Å²) in [5.74, 6) is 0.619. The van der Waals surface area contributed by atoms with Crippen molar-refractivity contribution in [1.29, 1.82) is 0 Å². The molecule has 0 atom stereocenters. The van der Waals surface area contributed by atoms with Gasteiger partial charge in [0.1, 0.15) is 0 Å². The first-order chi connectivity index (χ1) is 8.71. The molecule has 0 unspecified atom stereocenters. The summed E-state index contributed by atoms with van der Waals surface area (Å²) >= 11 is 0. The van der Waals surface area contributed by atoms with Crippen LogP contribution in [0.2, 0.25) is 0 Å². The number of methoxy groups -OCH3 is 1. The maximum Gasteiger partial charge on any atom is 0.191 e. The van der Waals surface area contributed by atoms with Crippen molar-refractivity contribution in [2.75, 3.05) is 20.7 Å². The first-order valence-electron chi connectivity index (χ1n) is 5.98. The third kappa shape index (κ3) is 6.09. The lowest BCUT2D eigenvalue weighted by Gasteiger charge is -2.11. The van der Waals surface area contributed by atoms with Crippen molar-refractivity contribution in [3.8, 4) is 5.75 Å². The summed E-state index contributed by atoms with van der Waals surface area (Å²) in [7, 11) is 3.16. The second kappa shape index (κ2) is 9.82. The fourth-order valence-corrected chi connectivity index (χ4v) is 1.47. The first kappa shape index (κ1) is 17.9. The van der Waals surface area contributed by atoms with Crippen LogP contribution < -0.4 is 15.4 Å². The Morgan fingerprint density at radius 1 is 1.37 bits per heavy atom. The van der Waals surface area contributed by atoms with Crippen LogP contribution in [0.15, 0.2) is 23.2 Å². The normalized spacial score (nSPS) is 10.6. The van der Waals surface area contributed by atoms with Crippen molar-refractivity contribution in [3.05, 3.63) is 29.6 Å².